The number of rotatable bonds is 7. The first-order valence-electron chi connectivity index (χ1n) is 7.99. The highest BCUT2D eigenvalue weighted by Gasteiger charge is 2.52. The van der Waals surface area contributed by atoms with Gasteiger partial charge < -0.3 is 25.2 Å². The van der Waals surface area contributed by atoms with Gasteiger partial charge in [-0.15, -0.1) is 0 Å². The standard InChI is InChI=1S/C15H22N2O7/c1-3-7(2)9(16-12(18)10-11(24-10)15(22)23)13(19)17-6-4-5-8(17)14(20)21/h7-11H,3-6H2,1-2H3,(H,16,18)(H,20,21)(H,22,23)/t7-,8-,9?,10-,11-/m0/s1. The van der Waals surface area contributed by atoms with E-state index in [1.165, 1.54) is 4.90 Å². The van der Waals surface area contributed by atoms with Gasteiger partial charge in [-0.1, -0.05) is 20.3 Å². The van der Waals surface area contributed by atoms with Crippen molar-refractivity contribution >= 4 is 23.8 Å². The topological polar surface area (TPSA) is 137 Å². The number of hydrogen-bond acceptors (Lipinski definition) is 5. The van der Waals surface area contributed by atoms with E-state index >= 15 is 0 Å². The Labute approximate surface area is 138 Å². The zero-order valence-corrected chi connectivity index (χ0v) is 13.6. The lowest BCUT2D eigenvalue weighted by Crippen LogP contribution is -2.55. The van der Waals surface area contributed by atoms with E-state index in [1.807, 2.05) is 6.92 Å². The van der Waals surface area contributed by atoms with Crippen molar-refractivity contribution in [2.75, 3.05) is 6.54 Å². The number of carbonyl (C=O) groups excluding carboxylic acids is 2. The van der Waals surface area contributed by atoms with Crippen LogP contribution in [0.4, 0.5) is 0 Å². The number of aliphatic carboxylic acids is 2. The van der Waals surface area contributed by atoms with Gasteiger partial charge >= 0.3 is 11.9 Å². The number of nitrogens with zero attached hydrogens (tertiary/aromatic N) is 1. The second-order valence-electron chi connectivity index (χ2n) is 6.22. The highest BCUT2D eigenvalue weighted by atomic mass is 16.6. The summed E-state index contributed by atoms with van der Waals surface area (Å²) in [6.45, 7) is 3.96. The maximum atomic E-state index is 12.7. The molecule has 2 heterocycles. The summed E-state index contributed by atoms with van der Waals surface area (Å²) in [6.07, 6.45) is -0.714. The number of ether oxygens (including phenoxy) is 1. The molecule has 0 aromatic heterocycles. The Morgan fingerprint density at radius 1 is 1.21 bits per heavy atom. The van der Waals surface area contributed by atoms with E-state index in [-0.39, 0.29) is 5.92 Å². The smallest absolute Gasteiger partial charge is 0.336 e. The number of nitrogens with one attached hydrogen (secondary N) is 1. The van der Waals surface area contributed by atoms with Crippen molar-refractivity contribution in [3.8, 4) is 0 Å². The molecule has 0 aromatic carbocycles. The molecule has 2 fully saturated rings. The molecular weight excluding hydrogens is 320 g/mol. The summed E-state index contributed by atoms with van der Waals surface area (Å²) < 4.78 is 4.79. The van der Waals surface area contributed by atoms with Gasteiger partial charge in [-0.3, -0.25) is 9.59 Å². The van der Waals surface area contributed by atoms with E-state index in [4.69, 9.17) is 9.84 Å². The van der Waals surface area contributed by atoms with Crippen LogP contribution in [0.15, 0.2) is 0 Å². The molecule has 1 unspecified atom stereocenters. The van der Waals surface area contributed by atoms with E-state index < -0.39 is 48.0 Å². The number of epoxide rings is 1. The van der Waals surface area contributed by atoms with Crippen LogP contribution in [0.5, 0.6) is 0 Å². The van der Waals surface area contributed by atoms with Crippen LogP contribution in [-0.2, 0) is 23.9 Å². The number of carboxylic acids is 2. The molecule has 134 valence electrons. The maximum absolute atomic E-state index is 12.7. The average molecular weight is 342 g/mol. The first-order chi connectivity index (χ1) is 11.3. The van der Waals surface area contributed by atoms with E-state index in [0.29, 0.717) is 25.8 Å². The SMILES string of the molecule is CC[C@H](C)C(NC(=O)[C@H]1O[C@@H]1C(=O)O)C(=O)N1CCC[C@H]1C(=O)O. The van der Waals surface area contributed by atoms with Gasteiger partial charge in [-0.2, -0.15) is 0 Å². The second kappa shape index (κ2) is 7.16. The van der Waals surface area contributed by atoms with Crippen LogP contribution >= 0.6 is 0 Å². The summed E-state index contributed by atoms with van der Waals surface area (Å²) in [7, 11) is 0. The summed E-state index contributed by atoms with van der Waals surface area (Å²) in [5.74, 6) is -3.63. The number of amides is 2. The summed E-state index contributed by atoms with van der Waals surface area (Å²) >= 11 is 0. The minimum atomic E-state index is -1.23. The molecule has 2 aliphatic heterocycles. The normalized spacial score (nSPS) is 28.1. The molecule has 0 radical (unpaired) electrons. The lowest BCUT2D eigenvalue weighted by atomic mass is 9.97. The van der Waals surface area contributed by atoms with Crippen LogP contribution in [0.25, 0.3) is 0 Å². The molecule has 0 aliphatic carbocycles. The molecule has 9 nitrogen and oxygen atoms in total. The van der Waals surface area contributed by atoms with Crippen molar-refractivity contribution in [2.24, 2.45) is 5.92 Å². The molecule has 2 amide bonds. The summed E-state index contributed by atoms with van der Waals surface area (Å²) in [5.41, 5.74) is 0. The highest BCUT2D eigenvalue weighted by molar-refractivity contribution is 5.96. The van der Waals surface area contributed by atoms with Gasteiger partial charge in [0.15, 0.2) is 12.2 Å². The molecule has 2 aliphatic rings. The van der Waals surface area contributed by atoms with Gasteiger partial charge in [0.25, 0.3) is 5.91 Å². The van der Waals surface area contributed by atoms with Crippen LogP contribution in [-0.4, -0.2) is 69.7 Å². The van der Waals surface area contributed by atoms with Crippen LogP contribution in [0.2, 0.25) is 0 Å². The van der Waals surface area contributed by atoms with Crippen molar-refractivity contribution in [2.45, 2.75) is 57.4 Å². The number of carboxylic acid groups (broad SMARTS) is 2. The zero-order chi connectivity index (χ0) is 18.0. The largest absolute Gasteiger partial charge is 0.480 e. The predicted octanol–water partition coefficient (Wildman–Crippen LogP) is -0.555. The molecule has 9 heteroatoms. The fourth-order valence-electron chi connectivity index (χ4n) is 2.88. The van der Waals surface area contributed by atoms with Crippen molar-refractivity contribution in [1.82, 2.24) is 10.2 Å². The number of likely N-dealkylation sites (tertiary alicyclic amines) is 1. The third-order valence-electron chi connectivity index (χ3n) is 4.59. The Morgan fingerprint density at radius 2 is 1.88 bits per heavy atom. The quantitative estimate of drug-likeness (QED) is 0.528. The maximum Gasteiger partial charge on any atom is 0.336 e. The predicted molar refractivity (Wildman–Crippen MR) is 80.1 cm³/mol. The van der Waals surface area contributed by atoms with E-state index in [0.717, 1.165) is 0 Å². The van der Waals surface area contributed by atoms with Crippen LogP contribution in [0.3, 0.4) is 0 Å². The van der Waals surface area contributed by atoms with Crippen LogP contribution in [0, 0.1) is 5.92 Å². The molecule has 0 aromatic rings. The van der Waals surface area contributed by atoms with Crippen molar-refractivity contribution in [3.05, 3.63) is 0 Å². The first kappa shape index (κ1) is 18.2. The van der Waals surface area contributed by atoms with Crippen LogP contribution < -0.4 is 5.32 Å². The molecule has 0 bridgehead atoms. The molecule has 2 saturated heterocycles. The third kappa shape index (κ3) is 3.66. The number of hydrogen-bond donors (Lipinski definition) is 3. The highest BCUT2D eigenvalue weighted by Crippen LogP contribution is 2.25. The van der Waals surface area contributed by atoms with Gasteiger partial charge in [0.05, 0.1) is 0 Å². The van der Waals surface area contributed by atoms with E-state index in [1.54, 1.807) is 6.92 Å². The number of carbonyl (C=O) groups is 4. The fraction of sp³-hybridized carbons (Fsp3) is 0.733. The molecule has 0 saturated carbocycles. The fourth-order valence-corrected chi connectivity index (χ4v) is 2.88. The summed E-state index contributed by atoms with van der Waals surface area (Å²) in [6, 6.07) is -1.79. The van der Waals surface area contributed by atoms with Gasteiger partial charge in [0.1, 0.15) is 12.1 Å². The molecule has 2 rings (SSSR count). The first-order valence-corrected chi connectivity index (χ1v) is 7.99. The summed E-state index contributed by atoms with van der Waals surface area (Å²) in [4.78, 5) is 48.2. The van der Waals surface area contributed by atoms with Crippen molar-refractivity contribution < 1.29 is 34.1 Å². The molecular formula is C15H22N2O7. The van der Waals surface area contributed by atoms with E-state index in [9.17, 15) is 24.3 Å². The lowest BCUT2D eigenvalue weighted by Gasteiger charge is -2.30. The van der Waals surface area contributed by atoms with Gasteiger partial charge in [-0.25, -0.2) is 9.59 Å². The van der Waals surface area contributed by atoms with Crippen molar-refractivity contribution in [3.63, 3.8) is 0 Å². The third-order valence-corrected chi connectivity index (χ3v) is 4.59. The van der Waals surface area contributed by atoms with Crippen molar-refractivity contribution in [1.29, 1.82) is 0 Å². The minimum absolute atomic E-state index is 0.224. The molecule has 24 heavy (non-hydrogen) atoms. The van der Waals surface area contributed by atoms with Gasteiger partial charge in [0.2, 0.25) is 5.91 Å². The van der Waals surface area contributed by atoms with Crippen LogP contribution in [0.1, 0.15) is 33.1 Å². The van der Waals surface area contributed by atoms with Gasteiger partial charge in [0, 0.05) is 6.54 Å². The summed E-state index contributed by atoms with van der Waals surface area (Å²) in [5, 5.41) is 20.6. The van der Waals surface area contributed by atoms with Gasteiger partial charge in [-0.05, 0) is 18.8 Å². The Kier molecular flexibility index (Phi) is 5.43. The second-order valence-corrected chi connectivity index (χ2v) is 6.22. The average Bonchev–Trinajstić information content (AvgIpc) is 3.20. The Morgan fingerprint density at radius 3 is 2.38 bits per heavy atom. The molecule has 0 spiro atoms. The van der Waals surface area contributed by atoms with E-state index in [2.05, 4.69) is 5.32 Å². The zero-order valence-electron chi connectivity index (χ0n) is 13.6. The monoisotopic (exact) mass is 342 g/mol. The molecule has 3 N–H and O–H groups in total. The Bertz CT molecular complexity index is 550. The Hall–Kier alpha value is -2.16. The minimum Gasteiger partial charge on any atom is -0.480 e. The Balaban J connectivity index is 2.08. The lowest BCUT2D eigenvalue weighted by molar-refractivity contribution is -0.150. The molecule has 5 atom stereocenters.